The van der Waals surface area contributed by atoms with Gasteiger partial charge in [0.2, 0.25) is 5.91 Å². The van der Waals surface area contributed by atoms with Gasteiger partial charge in [-0.3, -0.25) is 4.79 Å². The van der Waals surface area contributed by atoms with Crippen molar-refractivity contribution in [2.45, 2.75) is 25.8 Å². The Morgan fingerprint density at radius 1 is 1.30 bits per heavy atom. The average Bonchev–Trinajstić information content (AvgIpc) is 2.47. The van der Waals surface area contributed by atoms with Gasteiger partial charge in [0.05, 0.1) is 6.42 Å². The number of benzene rings is 1. The van der Waals surface area contributed by atoms with E-state index in [-0.39, 0.29) is 5.91 Å². The van der Waals surface area contributed by atoms with Crippen LogP contribution >= 0.6 is 0 Å². The molecule has 0 unspecified atom stereocenters. The quantitative estimate of drug-likeness (QED) is 0.847. The van der Waals surface area contributed by atoms with Crippen LogP contribution in [0.15, 0.2) is 24.3 Å². The van der Waals surface area contributed by atoms with Gasteiger partial charge in [0.15, 0.2) is 0 Å². The Morgan fingerprint density at radius 3 is 2.60 bits per heavy atom. The fourth-order valence-electron chi connectivity index (χ4n) is 2.69. The van der Waals surface area contributed by atoms with Crippen molar-refractivity contribution in [2.24, 2.45) is 11.7 Å². The van der Waals surface area contributed by atoms with Crippen LogP contribution in [0.3, 0.4) is 0 Å². The van der Waals surface area contributed by atoms with Crippen LogP contribution in [0.25, 0.3) is 0 Å². The van der Waals surface area contributed by atoms with Crippen LogP contribution in [-0.4, -0.2) is 37.5 Å². The van der Waals surface area contributed by atoms with Crippen LogP contribution in [0.4, 0.5) is 0 Å². The highest BCUT2D eigenvalue weighted by atomic mass is 16.1. The van der Waals surface area contributed by atoms with Crippen molar-refractivity contribution < 1.29 is 4.79 Å². The molecule has 1 fully saturated rings. The summed E-state index contributed by atoms with van der Waals surface area (Å²) in [4.78, 5) is 14.4. The number of hydrogen-bond donors (Lipinski definition) is 2. The number of carbonyl (C=O) groups excluding carboxylic acids is 1. The number of hydrogen-bond acceptors (Lipinski definition) is 3. The van der Waals surface area contributed by atoms with Crippen LogP contribution in [-0.2, 0) is 17.8 Å². The Balaban J connectivity index is 1.78. The number of likely N-dealkylation sites (tertiary alicyclic amines) is 1. The molecular weight excluding hydrogens is 250 g/mol. The lowest BCUT2D eigenvalue weighted by atomic mass is 9.97. The maximum absolute atomic E-state index is 12.0. The standard InChI is InChI=1S/C16H25N3O/c1-19-8-6-13(7-9-19)12-18-16(20)10-14-4-2-3-5-15(14)11-17/h2-5,13H,6-12,17H2,1H3,(H,18,20). The lowest BCUT2D eigenvalue weighted by Gasteiger charge is -2.28. The van der Waals surface area contributed by atoms with Gasteiger partial charge in [-0.2, -0.15) is 0 Å². The third kappa shape index (κ3) is 4.32. The van der Waals surface area contributed by atoms with Crippen molar-refractivity contribution in [1.82, 2.24) is 10.2 Å². The van der Waals surface area contributed by atoms with E-state index >= 15 is 0 Å². The molecule has 0 radical (unpaired) electrons. The van der Waals surface area contributed by atoms with E-state index < -0.39 is 0 Å². The molecule has 1 aromatic carbocycles. The number of nitrogens with zero attached hydrogens (tertiary/aromatic N) is 1. The topological polar surface area (TPSA) is 58.4 Å². The van der Waals surface area contributed by atoms with Crippen LogP contribution in [0.5, 0.6) is 0 Å². The zero-order valence-corrected chi connectivity index (χ0v) is 12.3. The van der Waals surface area contributed by atoms with Gasteiger partial charge in [-0.1, -0.05) is 24.3 Å². The van der Waals surface area contributed by atoms with Gasteiger partial charge in [0.25, 0.3) is 0 Å². The first-order valence-corrected chi connectivity index (χ1v) is 7.41. The third-order valence-corrected chi connectivity index (χ3v) is 4.12. The Hall–Kier alpha value is -1.39. The van der Waals surface area contributed by atoms with Gasteiger partial charge in [-0.25, -0.2) is 0 Å². The average molecular weight is 275 g/mol. The van der Waals surface area contributed by atoms with E-state index in [1.54, 1.807) is 0 Å². The monoisotopic (exact) mass is 275 g/mol. The highest BCUT2D eigenvalue weighted by molar-refractivity contribution is 5.78. The van der Waals surface area contributed by atoms with Crippen LogP contribution in [0.1, 0.15) is 24.0 Å². The largest absolute Gasteiger partial charge is 0.356 e. The minimum atomic E-state index is 0.102. The lowest BCUT2D eigenvalue weighted by Crippen LogP contribution is -2.37. The molecule has 1 aliphatic rings. The lowest BCUT2D eigenvalue weighted by molar-refractivity contribution is -0.120. The highest BCUT2D eigenvalue weighted by Gasteiger charge is 2.17. The summed E-state index contributed by atoms with van der Waals surface area (Å²) in [7, 11) is 2.15. The van der Waals surface area contributed by atoms with Gasteiger partial charge in [0, 0.05) is 13.1 Å². The fourth-order valence-corrected chi connectivity index (χ4v) is 2.69. The maximum atomic E-state index is 12.0. The van der Waals surface area contributed by atoms with E-state index in [0.717, 1.165) is 30.8 Å². The Labute approximate surface area is 121 Å². The van der Waals surface area contributed by atoms with E-state index in [4.69, 9.17) is 5.73 Å². The highest BCUT2D eigenvalue weighted by Crippen LogP contribution is 2.15. The van der Waals surface area contributed by atoms with E-state index in [2.05, 4.69) is 17.3 Å². The molecule has 0 aliphatic carbocycles. The molecule has 1 saturated heterocycles. The van der Waals surface area contributed by atoms with E-state index in [9.17, 15) is 4.79 Å². The van der Waals surface area contributed by atoms with Crippen molar-refractivity contribution in [2.75, 3.05) is 26.7 Å². The molecule has 0 atom stereocenters. The molecule has 1 aliphatic heterocycles. The molecule has 3 N–H and O–H groups in total. The zero-order valence-electron chi connectivity index (χ0n) is 12.3. The normalized spacial score (nSPS) is 17.1. The van der Waals surface area contributed by atoms with Crippen LogP contribution < -0.4 is 11.1 Å². The Morgan fingerprint density at radius 2 is 1.95 bits per heavy atom. The molecule has 0 spiro atoms. The maximum Gasteiger partial charge on any atom is 0.224 e. The summed E-state index contributed by atoms with van der Waals surface area (Å²) >= 11 is 0. The number of nitrogens with one attached hydrogen (secondary N) is 1. The molecule has 4 heteroatoms. The summed E-state index contributed by atoms with van der Waals surface area (Å²) in [5.41, 5.74) is 7.79. The van der Waals surface area contributed by atoms with E-state index in [1.807, 2.05) is 24.3 Å². The molecule has 2 rings (SSSR count). The van der Waals surface area contributed by atoms with E-state index in [1.165, 1.54) is 12.8 Å². The molecule has 1 heterocycles. The van der Waals surface area contributed by atoms with Crippen molar-refractivity contribution in [1.29, 1.82) is 0 Å². The van der Waals surface area contributed by atoms with Crippen molar-refractivity contribution in [3.05, 3.63) is 35.4 Å². The van der Waals surface area contributed by atoms with Crippen molar-refractivity contribution in [3.63, 3.8) is 0 Å². The van der Waals surface area contributed by atoms with E-state index in [0.29, 0.717) is 18.9 Å². The molecule has 0 saturated carbocycles. The second-order valence-electron chi connectivity index (χ2n) is 5.70. The summed E-state index contributed by atoms with van der Waals surface area (Å²) in [6.07, 6.45) is 2.78. The predicted octanol–water partition coefficient (Wildman–Crippen LogP) is 1.15. The molecule has 110 valence electrons. The molecule has 20 heavy (non-hydrogen) atoms. The first-order chi connectivity index (χ1) is 9.69. The summed E-state index contributed by atoms with van der Waals surface area (Å²) in [5.74, 6) is 0.727. The minimum Gasteiger partial charge on any atom is -0.356 e. The number of amides is 1. The van der Waals surface area contributed by atoms with Gasteiger partial charge in [0.1, 0.15) is 0 Å². The van der Waals surface area contributed by atoms with Crippen molar-refractivity contribution in [3.8, 4) is 0 Å². The van der Waals surface area contributed by atoms with Crippen LogP contribution in [0.2, 0.25) is 0 Å². The number of rotatable bonds is 5. The zero-order chi connectivity index (χ0) is 14.4. The fraction of sp³-hybridized carbons (Fsp3) is 0.562. The minimum absolute atomic E-state index is 0.102. The third-order valence-electron chi connectivity index (χ3n) is 4.12. The molecule has 4 nitrogen and oxygen atoms in total. The molecule has 0 bridgehead atoms. The summed E-state index contributed by atoms with van der Waals surface area (Å²) < 4.78 is 0. The van der Waals surface area contributed by atoms with Crippen molar-refractivity contribution >= 4 is 5.91 Å². The first kappa shape index (κ1) is 15.0. The first-order valence-electron chi connectivity index (χ1n) is 7.41. The van der Waals surface area contributed by atoms with Gasteiger partial charge in [-0.05, 0) is 50.0 Å². The Kier molecular flexibility index (Phi) is 5.56. The van der Waals surface area contributed by atoms with Gasteiger partial charge < -0.3 is 16.0 Å². The molecule has 0 aromatic heterocycles. The molecule has 1 amide bonds. The van der Waals surface area contributed by atoms with Gasteiger partial charge in [-0.15, -0.1) is 0 Å². The Bertz CT molecular complexity index is 439. The molecular formula is C16H25N3O. The summed E-state index contributed by atoms with van der Waals surface area (Å²) in [6, 6.07) is 7.89. The second kappa shape index (κ2) is 7.41. The number of nitrogens with two attached hydrogens (primary N) is 1. The molecule has 1 aromatic rings. The SMILES string of the molecule is CN1CCC(CNC(=O)Cc2ccccc2CN)CC1. The smallest absolute Gasteiger partial charge is 0.224 e. The predicted molar refractivity (Wildman–Crippen MR) is 81.3 cm³/mol. The van der Waals surface area contributed by atoms with Gasteiger partial charge >= 0.3 is 0 Å². The summed E-state index contributed by atoms with van der Waals surface area (Å²) in [5, 5.41) is 3.07. The second-order valence-corrected chi connectivity index (χ2v) is 5.70. The summed E-state index contributed by atoms with van der Waals surface area (Å²) in [6.45, 7) is 3.56. The number of carbonyl (C=O) groups is 1. The van der Waals surface area contributed by atoms with Crippen LogP contribution in [0, 0.1) is 5.92 Å². The number of piperidine rings is 1.